The molecule has 0 aliphatic carbocycles. The van der Waals surface area contributed by atoms with E-state index in [1.807, 2.05) is 13.0 Å². The monoisotopic (exact) mass is 192 g/mol. The lowest BCUT2D eigenvalue weighted by Gasteiger charge is -2.17. The summed E-state index contributed by atoms with van der Waals surface area (Å²) in [4.78, 5) is 15.5. The van der Waals surface area contributed by atoms with E-state index in [9.17, 15) is 4.79 Å². The summed E-state index contributed by atoms with van der Waals surface area (Å²) in [6, 6.07) is 1.94. The molecule has 2 N–H and O–H groups in total. The number of hydrogen-bond acceptors (Lipinski definition) is 4. The molecule has 0 amide bonds. The summed E-state index contributed by atoms with van der Waals surface area (Å²) in [5.41, 5.74) is 8.04. The van der Waals surface area contributed by atoms with Gasteiger partial charge in [0.15, 0.2) is 0 Å². The van der Waals surface area contributed by atoms with E-state index in [1.54, 1.807) is 0 Å². The number of nitrogens with zero attached hydrogens (tertiary/aromatic N) is 1. The largest absolute Gasteiger partial charge is 0.462 e. The number of cyclic esters (lactones) is 1. The summed E-state index contributed by atoms with van der Waals surface area (Å²) in [7, 11) is 0. The molecule has 0 spiro atoms. The van der Waals surface area contributed by atoms with Gasteiger partial charge in [0.2, 0.25) is 0 Å². The molecule has 0 fully saturated rings. The lowest BCUT2D eigenvalue weighted by molar-refractivity contribution is 0.0481. The summed E-state index contributed by atoms with van der Waals surface area (Å²) in [6.07, 6.45) is 1.56. The van der Waals surface area contributed by atoms with Gasteiger partial charge in [-0.15, -0.1) is 0 Å². The van der Waals surface area contributed by atoms with Crippen LogP contribution in [0.2, 0.25) is 0 Å². The van der Waals surface area contributed by atoms with Gasteiger partial charge in [-0.3, -0.25) is 0 Å². The molecule has 0 radical (unpaired) electrons. The topological polar surface area (TPSA) is 65.2 Å². The van der Waals surface area contributed by atoms with E-state index < -0.39 is 0 Å². The molecule has 2 rings (SSSR count). The molecule has 0 saturated carbocycles. The number of ether oxygens (including phenoxy) is 1. The van der Waals surface area contributed by atoms with Crippen LogP contribution in [-0.4, -0.2) is 17.6 Å². The number of nitrogens with two attached hydrogens (primary N) is 1. The first-order valence-corrected chi connectivity index (χ1v) is 4.67. The van der Waals surface area contributed by atoms with Crippen molar-refractivity contribution < 1.29 is 9.53 Å². The molecule has 2 heterocycles. The minimum absolute atomic E-state index is 0.295. The van der Waals surface area contributed by atoms with Crippen LogP contribution in [0.3, 0.4) is 0 Å². The predicted octanol–water partition coefficient (Wildman–Crippen LogP) is 0.939. The fourth-order valence-electron chi connectivity index (χ4n) is 1.62. The first-order chi connectivity index (χ1) is 6.72. The van der Waals surface area contributed by atoms with Crippen LogP contribution in [-0.2, 0) is 17.6 Å². The second kappa shape index (κ2) is 3.29. The van der Waals surface area contributed by atoms with Gasteiger partial charge in [0, 0.05) is 12.1 Å². The maximum Gasteiger partial charge on any atom is 0.342 e. The third kappa shape index (κ3) is 1.32. The number of hydrogen-bond donors (Lipinski definition) is 1. The van der Waals surface area contributed by atoms with Gasteiger partial charge in [-0.05, 0) is 18.1 Å². The molecule has 0 unspecified atom stereocenters. The van der Waals surface area contributed by atoms with Gasteiger partial charge in [0.25, 0.3) is 0 Å². The normalized spacial score (nSPS) is 14.8. The molecule has 0 atom stereocenters. The number of aryl methyl sites for hydroxylation is 1. The molecule has 0 aromatic carbocycles. The Kier molecular flexibility index (Phi) is 2.11. The van der Waals surface area contributed by atoms with Crippen molar-refractivity contribution >= 4 is 11.8 Å². The van der Waals surface area contributed by atoms with Crippen LogP contribution in [0.15, 0.2) is 6.07 Å². The second-order valence-corrected chi connectivity index (χ2v) is 3.27. The predicted molar refractivity (Wildman–Crippen MR) is 52.0 cm³/mol. The summed E-state index contributed by atoms with van der Waals surface area (Å²) in [5, 5.41) is 0. The van der Waals surface area contributed by atoms with Gasteiger partial charge in [-0.2, -0.15) is 0 Å². The van der Waals surface area contributed by atoms with Crippen molar-refractivity contribution in [2.75, 3.05) is 12.3 Å². The van der Waals surface area contributed by atoms with Gasteiger partial charge < -0.3 is 10.5 Å². The van der Waals surface area contributed by atoms with Crippen molar-refractivity contribution in [3.05, 3.63) is 22.9 Å². The SMILES string of the molecule is CCc1cc2c(c(N)n1)C(=O)OCC2. The Bertz CT molecular complexity index is 388. The van der Waals surface area contributed by atoms with Crippen LogP contribution in [0.1, 0.15) is 28.5 Å². The highest BCUT2D eigenvalue weighted by molar-refractivity contribution is 5.96. The number of esters is 1. The minimum atomic E-state index is -0.348. The number of aromatic nitrogens is 1. The Labute approximate surface area is 82.1 Å². The molecule has 14 heavy (non-hydrogen) atoms. The van der Waals surface area contributed by atoms with E-state index in [0.717, 1.165) is 24.1 Å². The Morgan fingerprint density at radius 2 is 2.43 bits per heavy atom. The molecule has 4 nitrogen and oxygen atoms in total. The number of rotatable bonds is 1. The first kappa shape index (κ1) is 8.99. The van der Waals surface area contributed by atoms with Crippen molar-refractivity contribution in [1.82, 2.24) is 4.98 Å². The molecule has 1 aromatic heterocycles. The average molecular weight is 192 g/mol. The number of carbonyl (C=O) groups excluding carboxylic acids is 1. The Balaban J connectivity index is 2.56. The lowest BCUT2D eigenvalue weighted by Crippen LogP contribution is -2.20. The minimum Gasteiger partial charge on any atom is -0.462 e. The number of nitrogen functional groups attached to an aromatic ring is 1. The Morgan fingerprint density at radius 1 is 1.64 bits per heavy atom. The van der Waals surface area contributed by atoms with Crippen molar-refractivity contribution in [3.8, 4) is 0 Å². The molecular formula is C10H12N2O2. The first-order valence-electron chi connectivity index (χ1n) is 4.67. The van der Waals surface area contributed by atoms with E-state index in [-0.39, 0.29) is 5.97 Å². The average Bonchev–Trinajstić information content (AvgIpc) is 2.17. The van der Waals surface area contributed by atoms with Crippen LogP contribution >= 0.6 is 0 Å². The highest BCUT2D eigenvalue weighted by Crippen LogP contribution is 2.22. The molecule has 0 bridgehead atoms. The highest BCUT2D eigenvalue weighted by Gasteiger charge is 2.22. The third-order valence-corrected chi connectivity index (χ3v) is 2.35. The molecule has 1 aliphatic rings. The summed E-state index contributed by atoms with van der Waals surface area (Å²) in [5.74, 6) is -0.0528. The molecular weight excluding hydrogens is 180 g/mol. The molecule has 0 saturated heterocycles. The van der Waals surface area contributed by atoms with E-state index in [0.29, 0.717) is 18.0 Å². The zero-order valence-corrected chi connectivity index (χ0v) is 8.04. The fourth-order valence-corrected chi connectivity index (χ4v) is 1.62. The summed E-state index contributed by atoms with van der Waals surface area (Å²) < 4.78 is 4.90. The second-order valence-electron chi connectivity index (χ2n) is 3.27. The van der Waals surface area contributed by atoms with Crippen LogP contribution in [0.5, 0.6) is 0 Å². The van der Waals surface area contributed by atoms with Crippen molar-refractivity contribution in [2.45, 2.75) is 19.8 Å². The van der Waals surface area contributed by atoms with E-state index in [2.05, 4.69) is 4.98 Å². The quantitative estimate of drug-likeness (QED) is 0.672. The Hall–Kier alpha value is -1.58. The molecule has 4 heteroatoms. The highest BCUT2D eigenvalue weighted by atomic mass is 16.5. The third-order valence-electron chi connectivity index (χ3n) is 2.35. The summed E-state index contributed by atoms with van der Waals surface area (Å²) in [6.45, 7) is 2.45. The maximum absolute atomic E-state index is 11.4. The van der Waals surface area contributed by atoms with Gasteiger partial charge in [-0.25, -0.2) is 9.78 Å². The van der Waals surface area contributed by atoms with Gasteiger partial charge in [-0.1, -0.05) is 6.92 Å². The number of carbonyl (C=O) groups is 1. The van der Waals surface area contributed by atoms with E-state index in [4.69, 9.17) is 10.5 Å². The Morgan fingerprint density at radius 3 is 3.14 bits per heavy atom. The maximum atomic E-state index is 11.4. The van der Waals surface area contributed by atoms with Gasteiger partial charge in [0.1, 0.15) is 11.4 Å². The van der Waals surface area contributed by atoms with Crippen LogP contribution in [0, 0.1) is 0 Å². The fraction of sp³-hybridized carbons (Fsp3) is 0.400. The zero-order chi connectivity index (χ0) is 10.1. The van der Waals surface area contributed by atoms with Gasteiger partial charge in [0.05, 0.1) is 6.61 Å². The van der Waals surface area contributed by atoms with Crippen molar-refractivity contribution in [2.24, 2.45) is 0 Å². The number of pyridine rings is 1. The molecule has 1 aliphatic heterocycles. The van der Waals surface area contributed by atoms with Crippen LogP contribution < -0.4 is 5.73 Å². The standard InChI is InChI=1S/C10H12N2O2/c1-2-7-5-6-3-4-14-10(13)8(6)9(11)12-7/h5H,2-4H2,1H3,(H2,11,12). The van der Waals surface area contributed by atoms with E-state index in [1.165, 1.54) is 0 Å². The number of anilines is 1. The van der Waals surface area contributed by atoms with E-state index >= 15 is 0 Å². The van der Waals surface area contributed by atoms with Gasteiger partial charge >= 0.3 is 5.97 Å². The zero-order valence-electron chi connectivity index (χ0n) is 8.04. The summed E-state index contributed by atoms with van der Waals surface area (Å²) >= 11 is 0. The van der Waals surface area contributed by atoms with Crippen molar-refractivity contribution in [3.63, 3.8) is 0 Å². The molecule has 74 valence electrons. The number of fused-ring (bicyclic) bond motifs is 1. The van der Waals surface area contributed by atoms with Crippen molar-refractivity contribution in [1.29, 1.82) is 0 Å². The smallest absolute Gasteiger partial charge is 0.342 e. The molecule has 1 aromatic rings. The van der Waals surface area contributed by atoms with Crippen LogP contribution in [0.25, 0.3) is 0 Å². The lowest BCUT2D eigenvalue weighted by atomic mass is 10.0. The van der Waals surface area contributed by atoms with Crippen LogP contribution in [0.4, 0.5) is 5.82 Å².